The van der Waals surface area contributed by atoms with Gasteiger partial charge < -0.3 is 9.47 Å². The molecule has 0 N–H and O–H groups in total. The number of amides is 1. The number of likely N-dealkylation sites (tertiary alicyclic amines) is 1. The summed E-state index contributed by atoms with van der Waals surface area (Å²) in [5.74, 6) is 1.36. The molecule has 0 aliphatic carbocycles. The molecule has 1 aliphatic rings. The van der Waals surface area contributed by atoms with E-state index >= 15 is 0 Å². The molecule has 2 atom stereocenters. The van der Waals surface area contributed by atoms with Crippen LogP contribution in [0.2, 0.25) is 0 Å². The van der Waals surface area contributed by atoms with Gasteiger partial charge in [-0.15, -0.1) is 0 Å². The number of carbonyl (C=O) groups is 1. The van der Waals surface area contributed by atoms with Crippen molar-refractivity contribution in [3.05, 3.63) is 66.0 Å². The Bertz CT molecular complexity index is 968. The molecule has 0 bridgehead atoms. The Balaban J connectivity index is 1.81. The van der Waals surface area contributed by atoms with Crippen LogP contribution in [0.5, 0.6) is 0 Å². The van der Waals surface area contributed by atoms with Crippen LogP contribution in [0, 0.1) is 0 Å². The van der Waals surface area contributed by atoms with Crippen molar-refractivity contribution in [1.82, 2.24) is 14.5 Å². The normalized spacial score (nSPS) is 19.0. The van der Waals surface area contributed by atoms with Crippen LogP contribution in [0.3, 0.4) is 0 Å². The molecule has 4 heteroatoms. The van der Waals surface area contributed by atoms with Crippen molar-refractivity contribution in [2.75, 3.05) is 6.54 Å². The van der Waals surface area contributed by atoms with E-state index in [2.05, 4.69) is 74.7 Å². The fourth-order valence-corrected chi connectivity index (χ4v) is 4.17. The van der Waals surface area contributed by atoms with Crippen LogP contribution >= 0.6 is 0 Å². The maximum Gasteiger partial charge on any atom is 0.223 e. The van der Waals surface area contributed by atoms with Crippen LogP contribution in [0.4, 0.5) is 0 Å². The Morgan fingerprint density at radius 1 is 1.04 bits per heavy atom. The summed E-state index contributed by atoms with van der Waals surface area (Å²) in [5.41, 5.74) is 3.22. The van der Waals surface area contributed by atoms with Gasteiger partial charge in [0.25, 0.3) is 0 Å². The number of benzene rings is 2. The van der Waals surface area contributed by atoms with Crippen molar-refractivity contribution < 1.29 is 4.79 Å². The van der Waals surface area contributed by atoms with E-state index in [1.54, 1.807) is 0 Å². The number of hydrogen-bond donors (Lipinski definition) is 0. The topological polar surface area (TPSA) is 38.1 Å². The van der Waals surface area contributed by atoms with E-state index in [0.717, 1.165) is 23.4 Å². The van der Waals surface area contributed by atoms with Crippen molar-refractivity contribution in [2.24, 2.45) is 0 Å². The van der Waals surface area contributed by atoms with Crippen LogP contribution in [-0.2, 0) is 4.79 Å². The van der Waals surface area contributed by atoms with Crippen molar-refractivity contribution in [3.8, 4) is 0 Å². The molecule has 27 heavy (non-hydrogen) atoms. The third-order valence-corrected chi connectivity index (χ3v) is 5.59. The maximum absolute atomic E-state index is 12.7. The molecular formula is C23H27N3O. The number of hydrogen-bond acceptors (Lipinski definition) is 2. The average molecular weight is 361 g/mol. The molecule has 1 aromatic heterocycles. The predicted octanol–water partition coefficient (Wildman–Crippen LogP) is 4.76. The molecule has 1 amide bonds. The lowest BCUT2D eigenvalue weighted by Crippen LogP contribution is -2.42. The Hall–Kier alpha value is -2.62. The SMILES string of the molecule is C[C@@H](c1ccccc1)n1c([C@H]2CC(=O)N(C(C)(C)C)C2)nc2ccccc21. The highest BCUT2D eigenvalue weighted by atomic mass is 16.2. The number of para-hydroxylation sites is 2. The number of carbonyl (C=O) groups excluding carboxylic acids is 1. The predicted molar refractivity (Wildman–Crippen MR) is 109 cm³/mol. The molecule has 0 unspecified atom stereocenters. The van der Waals surface area contributed by atoms with Gasteiger partial charge in [0.1, 0.15) is 5.82 Å². The first kappa shape index (κ1) is 17.8. The first-order valence-corrected chi connectivity index (χ1v) is 9.68. The molecule has 3 aromatic rings. The Morgan fingerprint density at radius 3 is 2.37 bits per heavy atom. The summed E-state index contributed by atoms with van der Waals surface area (Å²) in [7, 11) is 0. The maximum atomic E-state index is 12.7. The van der Waals surface area contributed by atoms with Crippen molar-refractivity contribution in [2.45, 2.75) is 51.6 Å². The average Bonchev–Trinajstić information content (AvgIpc) is 3.22. The van der Waals surface area contributed by atoms with Gasteiger partial charge >= 0.3 is 0 Å². The molecule has 4 nitrogen and oxygen atoms in total. The molecule has 2 aromatic carbocycles. The van der Waals surface area contributed by atoms with Crippen LogP contribution in [0.25, 0.3) is 11.0 Å². The van der Waals surface area contributed by atoms with Crippen molar-refractivity contribution >= 4 is 16.9 Å². The summed E-state index contributed by atoms with van der Waals surface area (Å²) >= 11 is 0. The van der Waals surface area contributed by atoms with Crippen LogP contribution in [-0.4, -0.2) is 32.4 Å². The van der Waals surface area contributed by atoms with Gasteiger partial charge in [-0.2, -0.15) is 0 Å². The minimum absolute atomic E-state index is 0.121. The van der Waals surface area contributed by atoms with Crippen LogP contribution in [0.15, 0.2) is 54.6 Å². The van der Waals surface area contributed by atoms with Gasteiger partial charge in [-0.25, -0.2) is 4.98 Å². The van der Waals surface area contributed by atoms with E-state index in [1.807, 2.05) is 17.0 Å². The molecule has 1 saturated heterocycles. The monoisotopic (exact) mass is 361 g/mol. The Morgan fingerprint density at radius 2 is 1.70 bits per heavy atom. The minimum atomic E-state index is -0.159. The molecule has 0 spiro atoms. The molecule has 140 valence electrons. The number of fused-ring (bicyclic) bond motifs is 1. The molecule has 1 fully saturated rings. The van der Waals surface area contributed by atoms with E-state index in [9.17, 15) is 4.79 Å². The molecule has 0 radical (unpaired) electrons. The van der Waals surface area contributed by atoms with Crippen LogP contribution in [0.1, 0.15) is 57.5 Å². The second-order valence-corrected chi connectivity index (χ2v) is 8.49. The van der Waals surface area contributed by atoms with E-state index in [4.69, 9.17) is 4.98 Å². The first-order valence-electron chi connectivity index (χ1n) is 9.68. The first-order chi connectivity index (χ1) is 12.9. The second kappa shape index (κ2) is 6.52. The number of imidazole rings is 1. The van der Waals surface area contributed by atoms with Gasteiger partial charge in [0, 0.05) is 24.4 Å². The highest BCUT2D eigenvalue weighted by molar-refractivity contribution is 5.81. The fraction of sp³-hybridized carbons (Fsp3) is 0.391. The van der Waals surface area contributed by atoms with E-state index in [0.29, 0.717) is 6.42 Å². The quantitative estimate of drug-likeness (QED) is 0.674. The van der Waals surface area contributed by atoms with Crippen LogP contribution < -0.4 is 0 Å². The zero-order chi connectivity index (χ0) is 19.2. The summed E-state index contributed by atoms with van der Waals surface area (Å²) in [4.78, 5) is 19.6. The van der Waals surface area contributed by atoms with Gasteiger partial charge in [0.2, 0.25) is 5.91 Å². The summed E-state index contributed by atoms with van der Waals surface area (Å²) in [6, 6.07) is 18.9. The zero-order valence-corrected chi connectivity index (χ0v) is 16.5. The van der Waals surface area contributed by atoms with Crippen molar-refractivity contribution in [1.29, 1.82) is 0 Å². The van der Waals surface area contributed by atoms with Gasteiger partial charge in [-0.1, -0.05) is 42.5 Å². The fourth-order valence-electron chi connectivity index (χ4n) is 4.17. The number of rotatable bonds is 3. The Kier molecular flexibility index (Phi) is 4.29. The highest BCUT2D eigenvalue weighted by Gasteiger charge is 2.39. The third kappa shape index (κ3) is 3.14. The van der Waals surface area contributed by atoms with Crippen molar-refractivity contribution in [3.63, 3.8) is 0 Å². The van der Waals surface area contributed by atoms with Gasteiger partial charge in [0.05, 0.1) is 17.1 Å². The lowest BCUT2D eigenvalue weighted by Gasteiger charge is -2.32. The second-order valence-electron chi connectivity index (χ2n) is 8.49. The lowest BCUT2D eigenvalue weighted by molar-refractivity contribution is -0.131. The third-order valence-electron chi connectivity index (χ3n) is 5.59. The largest absolute Gasteiger partial charge is 0.337 e. The van der Waals surface area contributed by atoms with E-state index in [-0.39, 0.29) is 23.4 Å². The standard InChI is InChI=1S/C23H27N3O/c1-16(17-10-6-5-7-11-17)26-20-13-9-8-12-19(20)24-22(26)18-14-21(27)25(15-18)23(2,3)4/h5-13,16,18H,14-15H2,1-4H3/t16-,18-/m0/s1. The molecule has 0 saturated carbocycles. The lowest BCUT2D eigenvalue weighted by atomic mass is 10.0. The molecule has 4 rings (SSSR count). The minimum Gasteiger partial charge on any atom is -0.337 e. The van der Waals surface area contributed by atoms with Gasteiger partial charge in [-0.05, 0) is 45.4 Å². The smallest absolute Gasteiger partial charge is 0.223 e. The van der Waals surface area contributed by atoms with Gasteiger partial charge in [-0.3, -0.25) is 4.79 Å². The molecule has 2 heterocycles. The number of aromatic nitrogens is 2. The number of nitrogens with zero attached hydrogens (tertiary/aromatic N) is 3. The summed E-state index contributed by atoms with van der Waals surface area (Å²) < 4.78 is 2.33. The van der Waals surface area contributed by atoms with Gasteiger partial charge in [0.15, 0.2) is 0 Å². The van der Waals surface area contributed by atoms with E-state index in [1.165, 1.54) is 5.56 Å². The summed E-state index contributed by atoms with van der Waals surface area (Å²) in [6.45, 7) is 9.24. The van der Waals surface area contributed by atoms with E-state index < -0.39 is 0 Å². The summed E-state index contributed by atoms with van der Waals surface area (Å²) in [5, 5.41) is 0. The molecular weight excluding hydrogens is 334 g/mol. The highest BCUT2D eigenvalue weighted by Crippen LogP contribution is 2.36. The molecule has 1 aliphatic heterocycles. The Labute approximate surface area is 160 Å². The summed E-state index contributed by atoms with van der Waals surface area (Å²) in [6.07, 6.45) is 0.530. The zero-order valence-electron chi connectivity index (χ0n) is 16.5.